The van der Waals surface area contributed by atoms with Crippen LogP contribution in [0.3, 0.4) is 0 Å². The largest absolute Gasteiger partial charge is 0.378 e. The number of halogens is 1. The number of nitrogens with zero attached hydrogens (tertiary/aromatic N) is 1. The lowest BCUT2D eigenvalue weighted by Crippen LogP contribution is -2.43. The molecule has 0 atom stereocenters. The molecule has 0 bridgehead atoms. The third kappa shape index (κ3) is 2.94. The van der Waals surface area contributed by atoms with Gasteiger partial charge in [0.25, 0.3) is 0 Å². The number of benzene rings is 1. The summed E-state index contributed by atoms with van der Waals surface area (Å²) < 4.78 is 18.1. The maximum absolute atomic E-state index is 12.9. The van der Waals surface area contributed by atoms with Crippen molar-refractivity contribution in [1.29, 1.82) is 0 Å². The molecule has 92 valence electrons. The van der Waals surface area contributed by atoms with E-state index in [9.17, 15) is 9.18 Å². The van der Waals surface area contributed by atoms with Crippen molar-refractivity contribution in [3.8, 4) is 0 Å². The Labute approximate surface area is 99.4 Å². The molecule has 1 aromatic carbocycles. The molecule has 1 heterocycles. The van der Waals surface area contributed by atoms with Crippen LogP contribution in [0.4, 0.5) is 14.9 Å². The number of rotatable bonds is 1. The number of hydrogen-bond acceptors (Lipinski definition) is 2. The standard InChI is InChI=1S/C12H15FN2O2/c1-9-8-10(13)2-3-11(9)14-12(16)15-4-6-17-7-5-15/h2-3,8H,4-7H2,1H3,(H,14,16). The van der Waals surface area contributed by atoms with Gasteiger partial charge in [-0.25, -0.2) is 9.18 Å². The highest BCUT2D eigenvalue weighted by Crippen LogP contribution is 2.16. The van der Waals surface area contributed by atoms with E-state index in [0.717, 1.165) is 0 Å². The van der Waals surface area contributed by atoms with Gasteiger partial charge in [-0.15, -0.1) is 0 Å². The zero-order valence-corrected chi connectivity index (χ0v) is 9.70. The van der Waals surface area contributed by atoms with Crippen molar-refractivity contribution < 1.29 is 13.9 Å². The van der Waals surface area contributed by atoms with Gasteiger partial charge in [0.05, 0.1) is 13.2 Å². The minimum atomic E-state index is -0.299. The number of hydrogen-bond donors (Lipinski definition) is 1. The molecule has 1 saturated heterocycles. The Kier molecular flexibility index (Phi) is 3.58. The molecule has 1 N–H and O–H groups in total. The fourth-order valence-corrected chi connectivity index (χ4v) is 1.73. The molecule has 2 rings (SSSR count). The molecule has 1 aromatic rings. The van der Waals surface area contributed by atoms with Crippen molar-refractivity contribution in [1.82, 2.24) is 4.90 Å². The van der Waals surface area contributed by atoms with Crippen LogP contribution in [0.1, 0.15) is 5.56 Å². The van der Waals surface area contributed by atoms with Crippen LogP contribution in [-0.2, 0) is 4.74 Å². The number of anilines is 1. The first-order valence-electron chi connectivity index (χ1n) is 5.56. The van der Waals surface area contributed by atoms with E-state index >= 15 is 0 Å². The summed E-state index contributed by atoms with van der Waals surface area (Å²) >= 11 is 0. The second kappa shape index (κ2) is 5.14. The third-order valence-corrected chi connectivity index (χ3v) is 2.73. The molecule has 2 amide bonds. The minimum absolute atomic E-state index is 0.164. The summed E-state index contributed by atoms with van der Waals surface area (Å²) in [5.41, 5.74) is 1.36. The second-order valence-electron chi connectivity index (χ2n) is 3.99. The van der Waals surface area contributed by atoms with Crippen molar-refractivity contribution in [3.05, 3.63) is 29.6 Å². The zero-order valence-electron chi connectivity index (χ0n) is 9.70. The molecule has 4 nitrogen and oxygen atoms in total. The molecule has 1 fully saturated rings. The van der Waals surface area contributed by atoms with E-state index in [2.05, 4.69) is 5.32 Å². The lowest BCUT2D eigenvalue weighted by molar-refractivity contribution is 0.0564. The van der Waals surface area contributed by atoms with Gasteiger partial charge in [-0.05, 0) is 30.7 Å². The number of carbonyl (C=O) groups is 1. The predicted molar refractivity (Wildman–Crippen MR) is 62.5 cm³/mol. The maximum Gasteiger partial charge on any atom is 0.322 e. The number of morpholine rings is 1. The number of amides is 2. The van der Waals surface area contributed by atoms with Crippen molar-refractivity contribution in [2.24, 2.45) is 0 Å². The van der Waals surface area contributed by atoms with Crippen LogP contribution in [0.2, 0.25) is 0 Å². The maximum atomic E-state index is 12.9. The Bertz CT molecular complexity index is 417. The van der Waals surface area contributed by atoms with Gasteiger partial charge in [-0.1, -0.05) is 0 Å². The summed E-state index contributed by atoms with van der Waals surface area (Å²) in [5.74, 6) is -0.299. The van der Waals surface area contributed by atoms with Gasteiger partial charge >= 0.3 is 6.03 Å². The van der Waals surface area contributed by atoms with Gasteiger partial charge in [-0.3, -0.25) is 0 Å². The van der Waals surface area contributed by atoms with Crippen LogP contribution in [0, 0.1) is 12.7 Å². The zero-order chi connectivity index (χ0) is 12.3. The lowest BCUT2D eigenvalue weighted by Gasteiger charge is -2.27. The van der Waals surface area contributed by atoms with Crippen molar-refractivity contribution in [2.45, 2.75) is 6.92 Å². The number of nitrogens with one attached hydrogen (secondary N) is 1. The second-order valence-corrected chi connectivity index (χ2v) is 3.99. The number of ether oxygens (including phenoxy) is 1. The van der Waals surface area contributed by atoms with Crippen LogP contribution >= 0.6 is 0 Å². The fraction of sp³-hybridized carbons (Fsp3) is 0.417. The van der Waals surface area contributed by atoms with E-state index in [-0.39, 0.29) is 11.8 Å². The summed E-state index contributed by atoms with van der Waals surface area (Å²) in [5, 5.41) is 2.77. The van der Waals surface area contributed by atoms with Crippen LogP contribution in [0.5, 0.6) is 0 Å². The van der Waals surface area contributed by atoms with Gasteiger partial charge in [0.15, 0.2) is 0 Å². The van der Waals surface area contributed by atoms with E-state index in [4.69, 9.17) is 4.74 Å². The van der Waals surface area contributed by atoms with E-state index in [1.165, 1.54) is 12.1 Å². The molecule has 0 spiro atoms. The first-order chi connectivity index (χ1) is 8.16. The summed E-state index contributed by atoms with van der Waals surface area (Å²) in [6.07, 6.45) is 0. The Hall–Kier alpha value is -1.62. The lowest BCUT2D eigenvalue weighted by atomic mass is 10.2. The van der Waals surface area contributed by atoms with E-state index in [1.807, 2.05) is 0 Å². The molecule has 17 heavy (non-hydrogen) atoms. The monoisotopic (exact) mass is 238 g/mol. The number of carbonyl (C=O) groups excluding carboxylic acids is 1. The van der Waals surface area contributed by atoms with E-state index in [1.54, 1.807) is 17.9 Å². The highest BCUT2D eigenvalue weighted by molar-refractivity contribution is 5.90. The van der Waals surface area contributed by atoms with Gasteiger partial charge in [-0.2, -0.15) is 0 Å². The van der Waals surface area contributed by atoms with Crippen molar-refractivity contribution in [3.63, 3.8) is 0 Å². The summed E-state index contributed by atoms with van der Waals surface area (Å²) in [4.78, 5) is 13.6. The number of aryl methyl sites for hydroxylation is 1. The minimum Gasteiger partial charge on any atom is -0.378 e. The van der Waals surface area contributed by atoms with Crippen molar-refractivity contribution >= 4 is 11.7 Å². The normalized spacial score (nSPS) is 15.8. The quantitative estimate of drug-likeness (QED) is 0.813. The molecule has 0 aromatic heterocycles. The summed E-state index contributed by atoms with van der Waals surface area (Å²) in [6.45, 7) is 4.07. The first-order valence-corrected chi connectivity index (χ1v) is 5.56. The Morgan fingerprint density at radius 3 is 2.76 bits per heavy atom. The molecular formula is C12H15FN2O2. The molecular weight excluding hydrogens is 223 g/mol. The average Bonchev–Trinajstić information content (AvgIpc) is 2.34. The van der Waals surface area contributed by atoms with Crippen LogP contribution in [0.25, 0.3) is 0 Å². The van der Waals surface area contributed by atoms with Crippen molar-refractivity contribution in [2.75, 3.05) is 31.6 Å². The smallest absolute Gasteiger partial charge is 0.322 e. The summed E-state index contributed by atoms with van der Waals surface area (Å²) in [7, 11) is 0. The van der Waals surface area contributed by atoms with E-state index in [0.29, 0.717) is 37.6 Å². The fourth-order valence-electron chi connectivity index (χ4n) is 1.73. The summed E-state index contributed by atoms with van der Waals surface area (Å²) in [6, 6.07) is 4.14. The Morgan fingerprint density at radius 1 is 1.41 bits per heavy atom. The van der Waals surface area contributed by atoms with Crippen LogP contribution in [-0.4, -0.2) is 37.2 Å². The molecule has 1 aliphatic heterocycles. The molecule has 0 saturated carbocycles. The highest BCUT2D eigenvalue weighted by atomic mass is 19.1. The first kappa shape index (κ1) is 11.9. The number of urea groups is 1. The van der Waals surface area contributed by atoms with Gasteiger partial charge in [0.2, 0.25) is 0 Å². The molecule has 0 unspecified atom stereocenters. The van der Waals surface area contributed by atoms with E-state index < -0.39 is 0 Å². The molecule has 0 radical (unpaired) electrons. The Morgan fingerprint density at radius 2 is 2.12 bits per heavy atom. The average molecular weight is 238 g/mol. The highest BCUT2D eigenvalue weighted by Gasteiger charge is 2.17. The molecule has 1 aliphatic rings. The Balaban J connectivity index is 2.02. The third-order valence-electron chi connectivity index (χ3n) is 2.73. The molecule has 0 aliphatic carbocycles. The SMILES string of the molecule is Cc1cc(F)ccc1NC(=O)N1CCOCC1. The molecule has 5 heteroatoms. The van der Waals surface area contributed by atoms with Gasteiger partial charge in [0, 0.05) is 18.8 Å². The topological polar surface area (TPSA) is 41.6 Å². The van der Waals surface area contributed by atoms with Crippen LogP contribution < -0.4 is 5.32 Å². The van der Waals surface area contributed by atoms with Gasteiger partial charge in [0.1, 0.15) is 5.82 Å². The predicted octanol–water partition coefficient (Wildman–Crippen LogP) is 2.00. The van der Waals surface area contributed by atoms with Crippen LogP contribution in [0.15, 0.2) is 18.2 Å². The van der Waals surface area contributed by atoms with Gasteiger partial charge < -0.3 is 15.0 Å².